The maximum absolute atomic E-state index is 12.4. The summed E-state index contributed by atoms with van der Waals surface area (Å²) in [6.45, 7) is 0. The Kier molecular flexibility index (Phi) is 5.65. The van der Waals surface area contributed by atoms with E-state index in [4.69, 9.17) is 16.3 Å². The molecule has 1 N–H and O–H groups in total. The normalized spacial score (nSPS) is 11.5. The molecule has 0 aliphatic rings. The standard InChI is InChI=1S/C11H7Br3ClNO3S2/c1-19-9-4-8(5(12)2-6(9)13)16-21(17,18)10-3-7(15)11(14)20-10/h2-4,16H,1H3. The Bertz CT molecular complexity index is 773. The molecular formula is C11H7Br3ClNO3S2. The SMILES string of the molecule is COc1cc(NS(=O)(=O)c2cc(Cl)c(Br)s2)c(Br)cc1Br. The first kappa shape index (κ1) is 17.6. The summed E-state index contributed by atoms with van der Waals surface area (Å²) >= 11 is 16.7. The average molecular weight is 540 g/mol. The van der Waals surface area contributed by atoms with E-state index < -0.39 is 10.0 Å². The van der Waals surface area contributed by atoms with Crippen LogP contribution in [0.15, 0.2) is 35.1 Å². The van der Waals surface area contributed by atoms with E-state index in [0.717, 1.165) is 11.3 Å². The lowest BCUT2D eigenvalue weighted by molar-refractivity contribution is 0.412. The third kappa shape index (κ3) is 3.94. The molecule has 0 aliphatic carbocycles. The fourth-order valence-corrected chi connectivity index (χ4v) is 6.27. The predicted molar refractivity (Wildman–Crippen MR) is 96.2 cm³/mol. The van der Waals surface area contributed by atoms with Crippen molar-refractivity contribution in [2.45, 2.75) is 4.21 Å². The van der Waals surface area contributed by atoms with Crippen molar-refractivity contribution in [1.82, 2.24) is 0 Å². The van der Waals surface area contributed by atoms with Crippen molar-refractivity contribution in [2.75, 3.05) is 11.8 Å². The van der Waals surface area contributed by atoms with Crippen LogP contribution in [0.4, 0.5) is 5.69 Å². The number of anilines is 1. The third-order valence-electron chi connectivity index (χ3n) is 2.37. The number of thiophene rings is 1. The zero-order valence-electron chi connectivity index (χ0n) is 10.3. The first-order valence-corrected chi connectivity index (χ1v) is 10.3. The van der Waals surface area contributed by atoms with Crippen LogP contribution >= 0.6 is 70.7 Å². The molecule has 0 atom stereocenters. The van der Waals surface area contributed by atoms with Gasteiger partial charge < -0.3 is 4.74 Å². The van der Waals surface area contributed by atoms with Gasteiger partial charge in [0.1, 0.15) is 9.96 Å². The number of rotatable bonds is 4. The molecule has 1 heterocycles. The number of sulfonamides is 1. The van der Waals surface area contributed by atoms with E-state index in [9.17, 15) is 8.42 Å². The summed E-state index contributed by atoms with van der Waals surface area (Å²) in [6.07, 6.45) is 0. The highest BCUT2D eigenvalue weighted by Gasteiger charge is 2.21. The van der Waals surface area contributed by atoms with Gasteiger partial charge in [0.15, 0.2) is 0 Å². The van der Waals surface area contributed by atoms with Crippen LogP contribution in [0, 0.1) is 0 Å². The molecule has 0 saturated carbocycles. The molecule has 114 valence electrons. The number of halogens is 4. The van der Waals surface area contributed by atoms with Gasteiger partial charge in [0.2, 0.25) is 0 Å². The zero-order chi connectivity index (χ0) is 15.8. The van der Waals surface area contributed by atoms with Crippen molar-refractivity contribution in [3.63, 3.8) is 0 Å². The fraction of sp³-hybridized carbons (Fsp3) is 0.0909. The van der Waals surface area contributed by atoms with Gasteiger partial charge in [-0.3, -0.25) is 4.72 Å². The first-order chi connectivity index (χ1) is 9.74. The van der Waals surface area contributed by atoms with Crippen molar-refractivity contribution >= 4 is 86.4 Å². The van der Waals surface area contributed by atoms with Crippen LogP contribution in [-0.4, -0.2) is 15.5 Å². The number of benzene rings is 1. The summed E-state index contributed by atoms with van der Waals surface area (Å²) in [5.74, 6) is 0.515. The van der Waals surface area contributed by atoms with Gasteiger partial charge in [-0.05, 0) is 59.9 Å². The minimum Gasteiger partial charge on any atom is -0.495 e. The minimum atomic E-state index is -3.72. The molecule has 0 amide bonds. The number of ether oxygens (including phenoxy) is 1. The Hall–Kier alpha value is 0.200. The van der Waals surface area contributed by atoms with Crippen LogP contribution < -0.4 is 9.46 Å². The molecule has 1 aromatic heterocycles. The van der Waals surface area contributed by atoms with Crippen LogP contribution in [0.1, 0.15) is 0 Å². The molecule has 4 nitrogen and oxygen atoms in total. The Morgan fingerprint density at radius 2 is 1.86 bits per heavy atom. The second-order valence-electron chi connectivity index (χ2n) is 3.76. The summed E-state index contributed by atoms with van der Waals surface area (Å²) in [5, 5.41) is 0.354. The highest BCUT2D eigenvalue weighted by atomic mass is 79.9. The monoisotopic (exact) mass is 537 g/mol. The van der Waals surface area contributed by atoms with E-state index in [0.29, 0.717) is 29.2 Å². The molecule has 0 fully saturated rings. The molecule has 0 spiro atoms. The van der Waals surface area contributed by atoms with Crippen LogP contribution in [0.5, 0.6) is 5.75 Å². The molecule has 10 heteroatoms. The molecule has 0 saturated heterocycles. The zero-order valence-corrected chi connectivity index (χ0v) is 17.4. The maximum atomic E-state index is 12.4. The molecule has 21 heavy (non-hydrogen) atoms. The van der Waals surface area contributed by atoms with E-state index in [1.807, 2.05) is 0 Å². The summed E-state index contributed by atoms with van der Waals surface area (Å²) in [7, 11) is -2.22. The van der Waals surface area contributed by atoms with Crippen LogP contribution in [0.3, 0.4) is 0 Å². The van der Waals surface area contributed by atoms with E-state index in [1.54, 1.807) is 12.1 Å². The maximum Gasteiger partial charge on any atom is 0.271 e. The van der Waals surface area contributed by atoms with E-state index in [2.05, 4.69) is 52.5 Å². The summed E-state index contributed by atoms with van der Waals surface area (Å²) in [4.78, 5) is 0. The number of nitrogens with one attached hydrogen (secondary N) is 1. The molecule has 0 bridgehead atoms. The molecule has 1 aromatic carbocycles. The lowest BCUT2D eigenvalue weighted by Gasteiger charge is -2.11. The van der Waals surface area contributed by atoms with Crippen LogP contribution in [0.2, 0.25) is 5.02 Å². The van der Waals surface area contributed by atoms with Gasteiger partial charge in [-0.15, -0.1) is 11.3 Å². The van der Waals surface area contributed by atoms with Crippen LogP contribution in [0.25, 0.3) is 0 Å². The summed E-state index contributed by atoms with van der Waals surface area (Å²) < 4.78 is 34.3. The first-order valence-electron chi connectivity index (χ1n) is 5.25. The minimum absolute atomic E-state index is 0.119. The molecule has 0 radical (unpaired) electrons. The van der Waals surface area contributed by atoms with Gasteiger partial charge in [-0.1, -0.05) is 11.6 Å². The van der Waals surface area contributed by atoms with Gasteiger partial charge in [-0.25, -0.2) is 8.42 Å². The highest BCUT2D eigenvalue weighted by Crippen LogP contribution is 2.38. The fourth-order valence-electron chi connectivity index (χ4n) is 1.42. The van der Waals surface area contributed by atoms with Crippen molar-refractivity contribution in [3.05, 3.63) is 36.0 Å². The number of hydrogen-bond donors (Lipinski definition) is 1. The third-order valence-corrected chi connectivity index (χ3v) is 7.96. The summed E-state index contributed by atoms with van der Waals surface area (Å²) in [5.41, 5.74) is 0.371. The Balaban J connectivity index is 2.41. The Labute approximate surface area is 156 Å². The second kappa shape index (κ2) is 6.76. The predicted octanol–water partition coefficient (Wildman–Crippen LogP) is 5.50. The van der Waals surface area contributed by atoms with Gasteiger partial charge >= 0.3 is 0 Å². The molecule has 2 aromatic rings. The van der Waals surface area contributed by atoms with Crippen molar-refractivity contribution in [2.24, 2.45) is 0 Å². The van der Waals surface area contributed by atoms with E-state index in [-0.39, 0.29) is 4.21 Å². The van der Waals surface area contributed by atoms with Gasteiger partial charge in [0.05, 0.1) is 26.1 Å². The quantitative estimate of drug-likeness (QED) is 0.558. The topological polar surface area (TPSA) is 55.4 Å². The van der Waals surface area contributed by atoms with Gasteiger partial charge in [0, 0.05) is 10.5 Å². The number of methoxy groups -OCH3 is 1. The van der Waals surface area contributed by atoms with Crippen molar-refractivity contribution in [3.8, 4) is 5.75 Å². The lowest BCUT2D eigenvalue weighted by atomic mass is 10.3. The van der Waals surface area contributed by atoms with Gasteiger partial charge in [-0.2, -0.15) is 0 Å². The lowest BCUT2D eigenvalue weighted by Crippen LogP contribution is -2.12. The molecule has 2 rings (SSSR count). The number of hydrogen-bond acceptors (Lipinski definition) is 4. The van der Waals surface area contributed by atoms with Gasteiger partial charge in [0.25, 0.3) is 10.0 Å². The second-order valence-corrected chi connectivity index (χ2v) is 10.2. The van der Waals surface area contributed by atoms with Crippen molar-refractivity contribution < 1.29 is 13.2 Å². The molecule has 0 aliphatic heterocycles. The molecule has 0 unspecified atom stereocenters. The van der Waals surface area contributed by atoms with Crippen molar-refractivity contribution in [1.29, 1.82) is 0 Å². The summed E-state index contributed by atoms with van der Waals surface area (Å²) in [6, 6.07) is 4.67. The largest absolute Gasteiger partial charge is 0.495 e. The average Bonchev–Trinajstić information content (AvgIpc) is 2.74. The highest BCUT2D eigenvalue weighted by molar-refractivity contribution is 9.11. The smallest absolute Gasteiger partial charge is 0.271 e. The van der Waals surface area contributed by atoms with Crippen LogP contribution in [-0.2, 0) is 10.0 Å². The van der Waals surface area contributed by atoms with E-state index in [1.165, 1.54) is 13.2 Å². The van der Waals surface area contributed by atoms with E-state index >= 15 is 0 Å². The molecular weight excluding hydrogens is 533 g/mol. The Morgan fingerprint density at radius 1 is 1.19 bits per heavy atom. The Morgan fingerprint density at radius 3 is 2.38 bits per heavy atom.